The fourth-order valence-electron chi connectivity index (χ4n) is 2.16. The van der Waals surface area contributed by atoms with Gasteiger partial charge in [-0.1, -0.05) is 0 Å². The van der Waals surface area contributed by atoms with Gasteiger partial charge in [0.25, 0.3) is 0 Å². The maximum absolute atomic E-state index is 11.4. The minimum atomic E-state index is -0.796. The van der Waals surface area contributed by atoms with Crippen molar-refractivity contribution in [3.63, 3.8) is 0 Å². The molecule has 0 bridgehead atoms. The van der Waals surface area contributed by atoms with Gasteiger partial charge in [-0.25, -0.2) is 4.98 Å². The summed E-state index contributed by atoms with van der Waals surface area (Å²) in [4.78, 5) is 15.5. The van der Waals surface area contributed by atoms with Crippen molar-refractivity contribution in [2.24, 2.45) is 0 Å². The quantitative estimate of drug-likeness (QED) is 0.772. The van der Waals surface area contributed by atoms with Crippen molar-refractivity contribution in [2.45, 2.75) is 57.7 Å². The van der Waals surface area contributed by atoms with Gasteiger partial charge in [0.1, 0.15) is 11.4 Å². The zero-order valence-corrected chi connectivity index (χ0v) is 11.0. The topological polar surface area (TPSA) is 67.2 Å². The number of aryl methyl sites for hydroxylation is 2. The Hall–Kier alpha value is -1.36. The summed E-state index contributed by atoms with van der Waals surface area (Å²) in [5.74, 6) is 0.221. The number of hydrogen-bond acceptors (Lipinski definition) is 3. The van der Waals surface area contributed by atoms with E-state index in [4.69, 9.17) is 0 Å². The Labute approximate surface area is 107 Å². The van der Waals surface area contributed by atoms with Crippen LogP contribution in [0, 0.1) is 6.92 Å². The van der Waals surface area contributed by atoms with E-state index in [9.17, 15) is 9.90 Å². The molecule has 5 heteroatoms. The second-order valence-corrected chi connectivity index (χ2v) is 5.33. The summed E-state index contributed by atoms with van der Waals surface area (Å²) in [5.41, 5.74) is -0.796. The predicted octanol–water partition coefficient (Wildman–Crippen LogP) is 1.57. The van der Waals surface area contributed by atoms with Gasteiger partial charge in [0.2, 0.25) is 0 Å². The number of carbonyl (C=O) groups is 1. The summed E-state index contributed by atoms with van der Waals surface area (Å²) in [5, 5.41) is 12.6. The van der Waals surface area contributed by atoms with Gasteiger partial charge in [-0.15, -0.1) is 0 Å². The number of imidazole rings is 1. The van der Waals surface area contributed by atoms with E-state index >= 15 is 0 Å². The summed E-state index contributed by atoms with van der Waals surface area (Å²) in [7, 11) is 0. The SMILES string of the molecule is Cc1nccn1CCCC(C)(NC1CC1)C(=O)O. The molecule has 1 aromatic heterocycles. The third kappa shape index (κ3) is 3.10. The van der Waals surface area contributed by atoms with Crippen molar-refractivity contribution in [3.8, 4) is 0 Å². The summed E-state index contributed by atoms with van der Waals surface area (Å²) < 4.78 is 2.05. The molecule has 1 heterocycles. The molecule has 1 unspecified atom stereocenters. The number of aromatic nitrogens is 2. The minimum Gasteiger partial charge on any atom is -0.480 e. The molecule has 18 heavy (non-hydrogen) atoms. The van der Waals surface area contributed by atoms with Gasteiger partial charge in [0, 0.05) is 25.0 Å². The molecule has 1 aromatic rings. The lowest BCUT2D eigenvalue weighted by Gasteiger charge is -2.26. The van der Waals surface area contributed by atoms with Crippen LogP contribution in [0.3, 0.4) is 0 Å². The highest BCUT2D eigenvalue weighted by molar-refractivity contribution is 5.78. The van der Waals surface area contributed by atoms with Crippen molar-refractivity contribution in [1.29, 1.82) is 0 Å². The monoisotopic (exact) mass is 251 g/mol. The molecule has 0 saturated heterocycles. The fraction of sp³-hybridized carbons (Fsp3) is 0.692. The van der Waals surface area contributed by atoms with Crippen LogP contribution in [-0.2, 0) is 11.3 Å². The van der Waals surface area contributed by atoms with Crippen molar-refractivity contribution in [2.75, 3.05) is 0 Å². The predicted molar refractivity (Wildman–Crippen MR) is 68.4 cm³/mol. The fourth-order valence-corrected chi connectivity index (χ4v) is 2.16. The highest BCUT2D eigenvalue weighted by atomic mass is 16.4. The number of hydrogen-bond donors (Lipinski definition) is 2. The van der Waals surface area contributed by atoms with Gasteiger partial charge in [-0.3, -0.25) is 10.1 Å². The Balaban J connectivity index is 1.85. The van der Waals surface area contributed by atoms with Crippen LogP contribution in [0.25, 0.3) is 0 Å². The van der Waals surface area contributed by atoms with Crippen LogP contribution in [0.5, 0.6) is 0 Å². The molecule has 1 aliphatic rings. The number of aliphatic carboxylic acids is 1. The van der Waals surface area contributed by atoms with Crippen molar-refractivity contribution >= 4 is 5.97 Å². The number of rotatable bonds is 7. The molecule has 0 amide bonds. The lowest BCUT2D eigenvalue weighted by molar-refractivity contribution is -0.144. The van der Waals surface area contributed by atoms with E-state index in [1.165, 1.54) is 0 Å². The Morgan fingerprint density at radius 2 is 2.39 bits per heavy atom. The summed E-state index contributed by atoms with van der Waals surface area (Å²) in [6.45, 7) is 4.56. The molecule has 2 N–H and O–H groups in total. The van der Waals surface area contributed by atoms with Crippen LogP contribution < -0.4 is 5.32 Å². The molecule has 1 saturated carbocycles. The van der Waals surface area contributed by atoms with Crippen molar-refractivity contribution < 1.29 is 9.90 Å². The zero-order valence-electron chi connectivity index (χ0n) is 11.0. The Morgan fingerprint density at radius 1 is 1.67 bits per heavy atom. The average molecular weight is 251 g/mol. The Bertz CT molecular complexity index is 426. The van der Waals surface area contributed by atoms with E-state index in [1.807, 2.05) is 13.1 Å². The van der Waals surface area contributed by atoms with Crippen molar-refractivity contribution in [1.82, 2.24) is 14.9 Å². The van der Waals surface area contributed by atoms with Crippen LogP contribution in [0.4, 0.5) is 0 Å². The second kappa shape index (κ2) is 5.10. The number of carboxylic acid groups (broad SMARTS) is 1. The number of nitrogens with one attached hydrogen (secondary N) is 1. The molecular formula is C13H21N3O2. The molecule has 100 valence electrons. The lowest BCUT2D eigenvalue weighted by atomic mass is 9.95. The first-order valence-corrected chi connectivity index (χ1v) is 6.50. The van der Waals surface area contributed by atoms with Gasteiger partial charge in [-0.05, 0) is 39.5 Å². The highest BCUT2D eigenvalue weighted by Crippen LogP contribution is 2.25. The van der Waals surface area contributed by atoms with Crippen LogP contribution in [0.1, 0.15) is 38.4 Å². The standard InChI is InChI=1S/C13H21N3O2/c1-10-14-7-9-16(10)8-3-6-13(2,12(17)18)15-11-4-5-11/h7,9,11,15H,3-6,8H2,1-2H3,(H,17,18). The third-order valence-corrected chi connectivity index (χ3v) is 3.57. The molecule has 1 atom stereocenters. The highest BCUT2D eigenvalue weighted by Gasteiger charge is 2.37. The van der Waals surface area contributed by atoms with Crippen LogP contribution in [0.15, 0.2) is 12.4 Å². The normalized spacial score (nSPS) is 18.6. The zero-order chi connectivity index (χ0) is 13.2. The maximum Gasteiger partial charge on any atom is 0.323 e. The second-order valence-electron chi connectivity index (χ2n) is 5.33. The van der Waals surface area contributed by atoms with Crippen LogP contribution in [-0.4, -0.2) is 32.2 Å². The van der Waals surface area contributed by atoms with Gasteiger partial charge < -0.3 is 9.67 Å². The molecule has 1 aliphatic carbocycles. The van der Waals surface area contributed by atoms with E-state index in [2.05, 4.69) is 14.9 Å². The molecular weight excluding hydrogens is 230 g/mol. The molecule has 0 aromatic carbocycles. The molecule has 0 radical (unpaired) electrons. The minimum absolute atomic E-state index is 0.404. The van der Waals surface area contributed by atoms with E-state index in [1.54, 1.807) is 13.1 Å². The first-order chi connectivity index (χ1) is 8.51. The molecule has 1 fully saturated rings. The summed E-state index contributed by atoms with van der Waals surface area (Å²) in [6, 6.07) is 0.404. The maximum atomic E-state index is 11.4. The van der Waals surface area contributed by atoms with E-state index in [0.717, 1.165) is 31.6 Å². The summed E-state index contributed by atoms with van der Waals surface area (Å²) in [6.07, 6.45) is 7.37. The Morgan fingerprint density at radius 3 is 2.89 bits per heavy atom. The first-order valence-electron chi connectivity index (χ1n) is 6.50. The van der Waals surface area contributed by atoms with Crippen LogP contribution >= 0.6 is 0 Å². The molecule has 5 nitrogen and oxygen atoms in total. The van der Waals surface area contributed by atoms with E-state index < -0.39 is 11.5 Å². The van der Waals surface area contributed by atoms with Gasteiger partial charge in [0.05, 0.1) is 0 Å². The third-order valence-electron chi connectivity index (χ3n) is 3.57. The molecule has 2 rings (SSSR count). The molecule has 0 spiro atoms. The largest absolute Gasteiger partial charge is 0.480 e. The lowest BCUT2D eigenvalue weighted by Crippen LogP contribution is -2.50. The first kappa shape index (κ1) is 13.1. The average Bonchev–Trinajstić information content (AvgIpc) is 3.02. The van der Waals surface area contributed by atoms with Gasteiger partial charge >= 0.3 is 5.97 Å². The van der Waals surface area contributed by atoms with Gasteiger partial charge in [-0.2, -0.15) is 0 Å². The van der Waals surface area contributed by atoms with Crippen LogP contribution in [0.2, 0.25) is 0 Å². The molecule has 0 aliphatic heterocycles. The Kier molecular flexibility index (Phi) is 3.71. The number of carboxylic acids is 1. The smallest absolute Gasteiger partial charge is 0.323 e. The van der Waals surface area contributed by atoms with E-state index in [0.29, 0.717) is 12.5 Å². The van der Waals surface area contributed by atoms with Gasteiger partial charge in [0.15, 0.2) is 0 Å². The van der Waals surface area contributed by atoms with Crippen molar-refractivity contribution in [3.05, 3.63) is 18.2 Å². The van der Waals surface area contributed by atoms with E-state index in [-0.39, 0.29) is 0 Å². The summed E-state index contributed by atoms with van der Waals surface area (Å²) >= 11 is 0. The number of nitrogens with zero attached hydrogens (tertiary/aromatic N) is 2.